The Morgan fingerprint density at radius 2 is 1.27 bits per heavy atom. The fourth-order valence-electron chi connectivity index (χ4n) is 11.1. The van der Waals surface area contributed by atoms with Crippen LogP contribution in [-0.2, 0) is 15.6 Å². The van der Waals surface area contributed by atoms with Crippen LogP contribution in [0.2, 0.25) is 0 Å². The predicted octanol–water partition coefficient (Wildman–Crippen LogP) is 13.5. The molecule has 4 heterocycles. The second-order valence-electron chi connectivity index (χ2n) is 21.7. The summed E-state index contributed by atoms with van der Waals surface area (Å²) in [5, 5.41) is 2.26. The fraction of sp³-hybridized carbons (Fsp3) is 0.345. The highest BCUT2D eigenvalue weighted by Gasteiger charge is 2.54. The van der Waals surface area contributed by atoms with Gasteiger partial charge < -0.3 is 19.0 Å². The molecule has 60 heavy (non-hydrogen) atoms. The minimum Gasteiger partial charge on any atom is -0.497 e. The molecule has 11 rings (SSSR count). The summed E-state index contributed by atoms with van der Waals surface area (Å²) in [5.74, 6) is 0.0721. The highest BCUT2D eigenvalue weighted by atomic mass is 16.5. The Morgan fingerprint density at radius 1 is 0.633 bits per heavy atom. The van der Waals surface area contributed by atoms with Crippen LogP contribution in [-0.4, -0.2) is 12.8 Å². The van der Waals surface area contributed by atoms with Crippen molar-refractivity contribution >= 4 is 68.0 Å². The van der Waals surface area contributed by atoms with E-state index in [1.807, 2.05) is 0 Å². The lowest BCUT2D eigenvalue weighted by atomic mass is 9.35. The normalized spacial score (nSPS) is 21.2. The van der Waals surface area contributed by atoms with Crippen LogP contribution in [0.5, 0.6) is 0 Å². The van der Waals surface area contributed by atoms with Gasteiger partial charge in [-0.25, -0.2) is 0 Å². The summed E-state index contributed by atoms with van der Waals surface area (Å²) in [7, 11) is 0. The first-order chi connectivity index (χ1) is 28.4. The van der Waals surface area contributed by atoms with Gasteiger partial charge in [0.2, 0.25) is 0 Å². The Bertz CT molecular complexity index is 2910. The average molecular weight is 789 g/mol. The first-order valence-electron chi connectivity index (χ1n) is 22.2. The van der Waals surface area contributed by atoms with Gasteiger partial charge in [0.25, 0.3) is 6.71 Å². The van der Waals surface area contributed by atoms with Gasteiger partial charge in [-0.1, -0.05) is 130 Å². The standard InChI is InChI=1S/C55H57BN2O2/c1-32-27-44-48-45(28-32)58(43-17-14-16-37-36-15-12-13-18-46(36)59-50(37)43)42-24-21-34(53(5,6)7)29-41(42)56(48)51-49(57(44)35-22-19-33(20-23-35)52(2,3)4)38-30-39-40(31-47(38)60-51)55(10,11)26-25-54(39,8)9/h12-24,27-31,38,47H,25-26H2,1-11H3. The largest absolute Gasteiger partial charge is 0.497 e. The van der Waals surface area contributed by atoms with Crippen LogP contribution in [0.1, 0.15) is 98.8 Å². The van der Waals surface area contributed by atoms with Crippen LogP contribution in [0.25, 0.3) is 21.9 Å². The molecule has 2 aliphatic carbocycles. The molecule has 1 saturated carbocycles. The molecule has 5 aliphatic rings. The number of ether oxygens (including phenoxy) is 1. The molecule has 0 saturated heterocycles. The quantitative estimate of drug-likeness (QED) is 0.163. The third-order valence-electron chi connectivity index (χ3n) is 14.6. The van der Waals surface area contributed by atoms with Crippen LogP contribution in [0.4, 0.5) is 28.4 Å². The smallest absolute Gasteiger partial charge is 0.296 e. The lowest BCUT2D eigenvalue weighted by molar-refractivity contribution is 0.168. The van der Waals surface area contributed by atoms with Gasteiger partial charge in [-0.3, -0.25) is 0 Å². The first-order valence-corrected chi connectivity index (χ1v) is 22.2. The molecule has 0 amide bonds. The summed E-state index contributed by atoms with van der Waals surface area (Å²) in [4.78, 5) is 5.08. The number of anilines is 5. The van der Waals surface area contributed by atoms with E-state index in [1.54, 1.807) is 0 Å². The zero-order valence-electron chi connectivity index (χ0n) is 37.2. The van der Waals surface area contributed by atoms with Gasteiger partial charge in [-0.05, 0) is 129 Å². The maximum absolute atomic E-state index is 7.60. The van der Waals surface area contributed by atoms with E-state index in [0.717, 1.165) is 33.3 Å². The van der Waals surface area contributed by atoms with Gasteiger partial charge in [0, 0.05) is 33.5 Å². The number of benzene rings is 5. The molecule has 0 bridgehead atoms. The molecule has 6 aromatic rings. The number of hydrogen-bond acceptors (Lipinski definition) is 4. The average Bonchev–Trinajstić information content (AvgIpc) is 3.77. The van der Waals surface area contributed by atoms with Gasteiger partial charge in [0.1, 0.15) is 11.7 Å². The van der Waals surface area contributed by atoms with E-state index in [4.69, 9.17) is 9.15 Å². The van der Waals surface area contributed by atoms with E-state index in [2.05, 4.69) is 195 Å². The zero-order valence-corrected chi connectivity index (χ0v) is 37.2. The molecule has 302 valence electrons. The van der Waals surface area contributed by atoms with E-state index in [-0.39, 0.29) is 40.4 Å². The summed E-state index contributed by atoms with van der Waals surface area (Å²) in [6.45, 7) is 25.8. The first kappa shape index (κ1) is 37.6. The maximum atomic E-state index is 7.60. The number of para-hydroxylation sites is 2. The van der Waals surface area contributed by atoms with Crippen molar-refractivity contribution in [2.24, 2.45) is 16.7 Å². The molecule has 0 spiro atoms. The van der Waals surface area contributed by atoms with Crippen molar-refractivity contribution in [1.29, 1.82) is 0 Å². The topological polar surface area (TPSA) is 28.9 Å². The van der Waals surface area contributed by atoms with Gasteiger partial charge in [0.05, 0.1) is 23.0 Å². The Morgan fingerprint density at radius 3 is 1.97 bits per heavy atom. The van der Waals surface area contributed by atoms with E-state index >= 15 is 0 Å². The minimum absolute atomic E-state index is 0.0427. The van der Waals surface area contributed by atoms with Crippen LogP contribution < -0.4 is 20.7 Å². The molecule has 3 aliphatic heterocycles. The van der Waals surface area contributed by atoms with Crippen molar-refractivity contribution in [2.45, 2.75) is 106 Å². The van der Waals surface area contributed by atoms with Crippen LogP contribution >= 0.6 is 0 Å². The number of allylic oxidation sites excluding steroid dienone is 2. The van der Waals surface area contributed by atoms with E-state index < -0.39 is 0 Å². The molecule has 0 N–H and O–H groups in total. The Balaban J connectivity index is 1.22. The van der Waals surface area contributed by atoms with Crippen molar-refractivity contribution in [3.8, 4) is 0 Å². The summed E-state index contributed by atoms with van der Waals surface area (Å²) >= 11 is 0. The molecule has 1 aromatic heterocycles. The van der Waals surface area contributed by atoms with Crippen molar-refractivity contribution in [3.05, 3.63) is 148 Å². The molecule has 2 unspecified atom stereocenters. The van der Waals surface area contributed by atoms with Crippen LogP contribution in [0, 0.1) is 23.7 Å². The van der Waals surface area contributed by atoms with Crippen molar-refractivity contribution in [2.75, 3.05) is 9.80 Å². The van der Waals surface area contributed by atoms with Gasteiger partial charge in [-0.15, -0.1) is 0 Å². The number of fused-ring (bicyclic) bond motifs is 9. The Kier molecular flexibility index (Phi) is 7.73. The molecule has 4 nitrogen and oxygen atoms in total. The van der Waals surface area contributed by atoms with Crippen LogP contribution in [0.3, 0.4) is 0 Å². The third-order valence-corrected chi connectivity index (χ3v) is 14.6. The maximum Gasteiger partial charge on any atom is 0.296 e. The Labute approximate surface area is 356 Å². The van der Waals surface area contributed by atoms with Crippen LogP contribution in [0.15, 0.2) is 136 Å². The number of aryl methyl sites for hydroxylation is 1. The Hall–Kier alpha value is -5.42. The lowest BCUT2D eigenvalue weighted by Crippen LogP contribution is -2.56. The molecule has 5 heteroatoms. The second kappa shape index (κ2) is 12.3. The predicted molar refractivity (Wildman–Crippen MR) is 252 cm³/mol. The molecule has 1 fully saturated rings. The molecule has 2 atom stereocenters. The number of rotatable bonds is 2. The van der Waals surface area contributed by atoms with Crippen molar-refractivity contribution in [1.82, 2.24) is 0 Å². The van der Waals surface area contributed by atoms with Crippen molar-refractivity contribution < 1.29 is 9.15 Å². The van der Waals surface area contributed by atoms with E-state index in [1.165, 1.54) is 80.1 Å². The molecular formula is C55H57BN2O2. The SMILES string of the molecule is Cc1cc2c3c(c1)N(c1cccc4c1oc1ccccc14)c1ccc(C(C)(C)C)cc1B3C1=C(C3C=C4C(=CC3O1)C(C)(C)CCC4(C)C)N2c1ccc(C(C)(C)C)cc1. The third kappa shape index (κ3) is 5.36. The summed E-state index contributed by atoms with van der Waals surface area (Å²) in [6, 6.07) is 36.4. The number of hydrogen-bond donors (Lipinski definition) is 0. The van der Waals surface area contributed by atoms with Gasteiger partial charge in [0.15, 0.2) is 5.58 Å². The summed E-state index contributed by atoms with van der Waals surface area (Å²) in [6.07, 6.45) is 7.42. The molecular weight excluding hydrogens is 731 g/mol. The van der Waals surface area contributed by atoms with Crippen molar-refractivity contribution in [3.63, 3.8) is 0 Å². The van der Waals surface area contributed by atoms with E-state index in [9.17, 15) is 0 Å². The minimum atomic E-state index is -0.0930. The molecule has 5 aromatic carbocycles. The molecule has 0 radical (unpaired) electrons. The zero-order chi connectivity index (χ0) is 41.8. The highest BCUT2D eigenvalue weighted by Crippen LogP contribution is 2.58. The van der Waals surface area contributed by atoms with Gasteiger partial charge in [-0.2, -0.15) is 0 Å². The van der Waals surface area contributed by atoms with Gasteiger partial charge >= 0.3 is 0 Å². The fourth-order valence-corrected chi connectivity index (χ4v) is 11.1. The number of nitrogens with zero attached hydrogens (tertiary/aromatic N) is 2. The second-order valence-corrected chi connectivity index (χ2v) is 21.7. The summed E-state index contributed by atoms with van der Waals surface area (Å²) < 4.78 is 14.4. The summed E-state index contributed by atoms with van der Waals surface area (Å²) in [5.41, 5.74) is 19.5. The monoisotopic (exact) mass is 788 g/mol. The number of furan rings is 1. The lowest BCUT2D eigenvalue weighted by Gasteiger charge is -2.47. The highest BCUT2D eigenvalue weighted by molar-refractivity contribution is 6.94. The van der Waals surface area contributed by atoms with E-state index in [0.29, 0.717) is 0 Å².